The number of hydrogen-bond donors (Lipinski definition) is 4. The van der Waals surface area contributed by atoms with Gasteiger partial charge in [-0.05, 0) is 73.0 Å². The number of alkyl halides is 6. The van der Waals surface area contributed by atoms with Gasteiger partial charge >= 0.3 is 12.7 Å². The molecule has 4 heterocycles. The topological polar surface area (TPSA) is 191 Å². The molecule has 24 heteroatoms. The largest absolute Gasteiger partial charge is 0.573 e. The van der Waals surface area contributed by atoms with Crippen LogP contribution in [0.5, 0.6) is 11.5 Å². The lowest BCUT2D eigenvalue weighted by Gasteiger charge is -2.35. The zero-order valence-electron chi connectivity index (χ0n) is 39.1. The Morgan fingerprint density at radius 3 is 1.49 bits per heavy atom. The molecule has 0 aliphatic carbocycles. The van der Waals surface area contributed by atoms with Gasteiger partial charge in [-0.25, -0.2) is 19.9 Å². The van der Waals surface area contributed by atoms with Gasteiger partial charge in [-0.1, -0.05) is 42.5 Å². The van der Waals surface area contributed by atoms with Crippen LogP contribution < -0.4 is 40.5 Å². The first-order chi connectivity index (χ1) is 34.5. The van der Waals surface area contributed by atoms with E-state index in [0.29, 0.717) is 111 Å². The minimum atomic E-state index is -4.78. The Morgan fingerprint density at radius 1 is 0.542 bits per heavy atom. The van der Waals surface area contributed by atoms with E-state index in [0.717, 1.165) is 11.1 Å². The fourth-order valence-electron chi connectivity index (χ4n) is 8.07. The Bertz CT molecular complexity index is 2820. The summed E-state index contributed by atoms with van der Waals surface area (Å²) < 4.78 is 84.6. The number of nitrogens with one attached hydrogen (secondary N) is 4. The summed E-state index contributed by atoms with van der Waals surface area (Å²) in [6.07, 6.45) is -6.90. The predicted octanol–water partition coefficient (Wildman–Crippen LogP) is 7.96. The summed E-state index contributed by atoms with van der Waals surface area (Å²) in [5.41, 5.74) is 5.07. The molecular weight excluding hydrogens is 951 g/mol. The van der Waals surface area contributed by atoms with Gasteiger partial charge < -0.3 is 40.5 Å². The Hall–Kier alpha value is -7.86. The van der Waals surface area contributed by atoms with Crippen LogP contribution in [0.15, 0.2) is 97.6 Å². The highest BCUT2D eigenvalue weighted by Gasteiger charge is 2.33. The SMILES string of the molecule is Cc1c(NC(=O)CCC(=O)Nc2cccc(Nc3ncnc(N4CCN(Cc5ccccc5OC(F)(F)F)CC4)n3)c2C)cccc1Nc1ncnc(N2CCN(Cc3ccc(OC(F)(F)F)cc3)CC2)n1. The number of carbonyl (C=O) groups excluding carboxylic acids is 2. The first-order valence-electron chi connectivity index (χ1n) is 22.8. The molecule has 2 aliphatic rings. The monoisotopic (exact) mass is 1000 g/mol. The number of amides is 2. The van der Waals surface area contributed by atoms with Crippen molar-refractivity contribution in [1.29, 1.82) is 0 Å². The van der Waals surface area contributed by atoms with Gasteiger partial charge in [0.2, 0.25) is 35.6 Å². The smallest absolute Gasteiger partial charge is 0.406 e. The lowest BCUT2D eigenvalue weighted by atomic mass is 10.1. The highest BCUT2D eigenvalue weighted by Crippen LogP contribution is 2.30. The number of carbonyl (C=O) groups is 2. The van der Waals surface area contributed by atoms with Crippen LogP contribution in [-0.4, -0.2) is 117 Å². The Kier molecular flexibility index (Phi) is 15.8. The zero-order valence-corrected chi connectivity index (χ0v) is 39.1. The van der Waals surface area contributed by atoms with E-state index in [1.165, 1.54) is 36.9 Å². The molecule has 2 saturated heterocycles. The number of anilines is 8. The summed E-state index contributed by atoms with van der Waals surface area (Å²) in [7, 11) is 0. The molecule has 2 aromatic heterocycles. The van der Waals surface area contributed by atoms with E-state index in [4.69, 9.17) is 0 Å². The summed E-state index contributed by atoms with van der Waals surface area (Å²) >= 11 is 0. The van der Waals surface area contributed by atoms with Crippen molar-refractivity contribution in [3.05, 3.63) is 120 Å². The van der Waals surface area contributed by atoms with E-state index >= 15 is 0 Å². The summed E-state index contributed by atoms with van der Waals surface area (Å²) in [6, 6.07) is 22.6. The molecule has 18 nitrogen and oxygen atoms in total. The molecule has 4 aromatic carbocycles. The maximum absolute atomic E-state index is 13.1. The highest BCUT2D eigenvalue weighted by atomic mass is 19.4. The molecule has 2 fully saturated rings. The summed E-state index contributed by atoms with van der Waals surface area (Å²) in [5.74, 6) is 0.277. The summed E-state index contributed by atoms with van der Waals surface area (Å²) in [4.78, 5) is 61.0. The van der Waals surface area contributed by atoms with Crippen LogP contribution in [0.25, 0.3) is 0 Å². The number of benzene rings is 4. The van der Waals surface area contributed by atoms with Crippen LogP contribution in [0.4, 0.5) is 72.9 Å². The van der Waals surface area contributed by atoms with E-state index in [1.807, 2.05) is 40.7 Å². The number of piperazine rings is 2. The van der Waals surface area contributed by atoms with Crippen molar-refractivity contribution >= 4 is 58.4 Å². The fourth-order valence-corrected chi connectivity index (χ4v) is 8.07. The average molecular weight is 1000 g/mol. The minimum absolute atomic E-state index is 0.0884. The molecule has 2 amide bonds. The van der Waals surface area contributed by atoms with Crippen LogP contribution in [-0.2, 0) is 22.7 Å². The summed E-state index contributed by atoms with van der Waals surface area (Å²) in [5, 5.41) is 12.2. The van der Waals surface area contributed by atoms with Crippen molar-refractivity contribution in [2.24, 2.45) is 0 Å². The van der Waals surface area contributed by atoms with Gasteiger partial charge in [-0.3, -0.25) is 19.4 Å². The molecular formula is C48H50F6N14O4. The quantitative estimate of drug-likeness (QED) is 0.0643. The first kappa shape index (κ1) is 50.5. The first-order valence-corrected chi connectivity index (χ1v) is 22.8. The number of ether oxygens (including phenoxy) is 2. The number of hydrogen-bond acceptors (Lipinski definition) is 16. The maximum Gasteiger partial charge on any atom is 0.573 e. The minimum Gasteiger partial charge on any atom is -0.406 e. The van der Waals surface area contributed by atoms with Crippen molar-refractivity contribution in [3.63, 3.8) is 0 Å². The number of nitrogens with zero attached hydrogens (tertiary/aromatic N) is 10. The molecule has 72 heavy (non-hydrogen) atoms. The lowest BCUT2D eigenvalue weighted by Crippen LogP contribution is -2.46. The molecule has 4 N–H and O–H groups in total. The molecule has 2 aliphatic heterocycles. The predicted molar refractivity (Wildman–Crippen MR) is 256 cm³/mol. The second kappa shape index (κ2) is 22.5. The molecule has 0 bridgehead atoms. The third-order valence-corrected chi connectivity index (χ3v) is 11.9. The molecule has 6 aromatic rings. The number of rotatable bonds is 17. The van der Waals surface area contributed by atoms with Gasteiger partial charge in [0.25, 0.3) is 0 Å². The molecule has 0 saturated carbocycles. The number of halogens is 6. The molecule has 378 valence electrons. The van der Waals surface area contributed by atoms with E-state index in [1.54, 1.807) is 48.5 Å². The maximum atomic E-state index is 13.1. The third kappa shape index (κ3) is 14.1. The normalized spacial score (nSPS) is 14.7. The zero-order chi connectivity index (χ0) is 50.8. The van der Waals surface area contributed by atoms with E-state index in [2.05, 4.69) is 65.5 Å². The molecule has 0 radical (unpaired) electrons. The molecule has 0 spiro atoms. The molecule has 0 atom stereocenters. The standard InChI is InChI=1S/C48H50F6N14O4/c1-31-36(8-5-10-38(31)61-43-55-29-57-45(63-43)67-23-19-65(20-24-67)27-33-13-15-35(16-14-33)71-47(49,50)51)59-41(69)17-18-42(70)60-37-9-6-11-39(32(37)2)62-44-56-30-58-46(64-44)68-25-21-66(22-26-68)28-34-7-3-4-12-40(34)72-48(52,53)54/h3-16,29-30H,17-28H2,1-2H3,(H,59,69)(H,60,70)(H,55,57,61,63)(H,56,58,62,64). The average Bonchev–Trinajstić information content (AvgIpc) is 3.34. The second-order valence-corrected chi connectivity index (χ2v) is 16.9. The van der Waals surface area contributed by atoms with E-state index in [9.17, 15) is 35.9 Å². The number of aromatic nitrogens is 6. The van der Waals surface area contributed by atoms with Crippen molar-refractivity contribution < 1.29 is 45.4 Å². The third-order valence-electron chi connectivity index (χ3n) is 11.9. The molecule has 0 unspecified atom stereocenters. The van der Waals surface area contributed by atoms with Gasteiger partial charge in [0.05, 0.1) is 0 Å². The Labute approximate surface area is 409 Å². The van der Waals surface area contributed by atoms with Crippen LogP contribution in [0.2, 0.25) is 0 Å². The van der Waals surface area contributed by atoms with Gasteiger partial charge in [-0.2, -0.15) is 9.97 Å². The van der Waals surface area contributed by atoms with E-state index < -0.39 is 12.7 Å². The second-order valence-electron chi connectivity index (χ2n) is 16.9. The van der Waals surface area contributed by atoms with E-state index in [-0.39, 0.29) is 48.6 Å². The van der Waals surface area contributed by atoms with Crippen LogP contribution in [0, 0.1) is 13.8 Å². The van der Waals surface area contributed by atoms with Crippen LogP contribution in [0.3, 0.4) is 0 Å². The van der Waals surface area contributed by atoms with Crippen molar-refractivity contribution in [2.75, 3.05) is 83.4 Å². The Balaban J connectivity index is 0.782. The highest BCUT2D eigenvalue weighted by molar-refractivity contribution is 5.98. The van der Waals surface area contributed by atoms with Crippen molar-refractivity contribution in [1.82, 2.24) is 39.7 Å². The summed E-state index contributed by atoms with van der Waals surface area (Å²) in [6.45, 7) is 9.25. The fraction of sp³-hybridized carbons (Fsp3) is 0.333. The lowest BCUT2D eigenvalue weighted by molar-refractivity contribution is -0.275. The van der Waals surface area contributed by atoms with Crippen LogP contribution >= 0.6 is 0 Å². The van der Waals surface area contributed by atoms with Crippen molar-refractivity contribution in [2.45, 2.75) is 52.5 Å². The number of para-hydroxylation sites is 1. The van der Waals surface area contributed by atoms with Gasteiger partial charge in [0, 0.05) is 107 Å². The van der Waals surface area contributed by atoms with Crippen LogP contribution in [0.1, 0.15) is 35.1 Å². The Morgan fingerprint density at radius 2 is 1.00 bits per heavy atom. The molecule has 8 rings (SSSR count). The van der Waals surface area contributed by atoms with Gasteiger partial charge in [0.15, 0.2) is 0 Å². The van der Waals surface area contributed by atoms with Gasteiger partial charge in [0.1, 0.15) is 24.2 Å². The van der Waals surface area contributed by atoms with Gasteiger partial charge in [-0.15, -0.1) is 26.3 Å². The van der Waals surface area contributed by atoms with Crippen molar-refractivity contribution in [3.8, 4) is 11.5 Å².